The molecule has 0 fully saturated rings. The first-order valence-corrected chi connectivity index (χ1v) is 10.9. The van der Waals surface area contributed by atoms with Crippen LogP contribution in [0.5, 0.6) is 0 Å². The molecule has 0 radical (unpaired) electrons. The van der Waals surface area contributed by atoms with Gasteiger partial charge < -0.3 is 15.8 Å². The summed E-state index contributed by atoms with van der Waals surface area (Å²) in [6, 6.07) is 12.9. The lowest BCUT2D eigenvalue weighted by Gasteiger charge is -2.17. The first-order valence-electron chi connectivity index (χ1n) is 10.9. The van der Waals surface area contributed by atoms with Crippen LogP contribution in [0.4, 0.5) is 5.82 Å². The van der Waals surface area contributed by atoms with Gasteiger partial charge >= 0.3 is 0 Å². The van der Waals surface area contributed by atoms with E-state index in [9.17, 15) is 5.11 Å². The van der Waals surface area contributed by atoms with Crippen LogP contribution in [0.1, 0.15) is 42.1 Å². The summed E-state index contributed by atoms with van der Waals surface area (Å²) < 4.78 is 3.53. The largest absolute Gasteiger partial charge is 0.390 e. The Kier molecular flexibility index (Phi) is 5.85. The highest BCUT2D eigenvalue weighted by atomic mass is 16.3. The van der Waals surface area contributed by atoms with E-state index in [1.165, 1.54) is 0 Å². The highest BCUT2D eigenvalue weighted by Crippen LogP contribution is 2.23. The number of hydrogen-bond acceptors (Lipinski definition) is 6. The minimum atomic E-state index is -0.851. The summed E-state index contributed by atoms with van der Waals surface area (Å²) in [5.74, 6) is 0.937. The number of nitrogens with two attached hydrogens (primary N) is 1. The fourth-order valence-corrected chi connectivity index (χ4v) is 3.97. The molecule has 0 spiro atoms. The van der Waals surface area contributed by atoms with Gasteiger partial charge in [-0.3, -0.25) is 0 Å². The van der Waals surface area contributed by atoms with Gasteiger partial charge in [0, 0.05) is 24.4 Å². The molecule has 0 aliphatic heterocycles. The second-order valence-corrected chi connectivity index (χ2v) is 8.99. The van der Waals surface area contributed by atoms with E-state index < -0.39 is 5.60 Å². The minimum Gasteiger partial charge on any atom is -0.390 e. The molecule has 3 heterocycles. The van der Waals surface area contributed by atoms with Gasteiger partial charge in [-0.1, -0.05) is 0 Å². The molecule has 3 aromatic heterocycles. The lowest BCUT2D eigenvalue weighted by Crippen LogP contribution is -2.22. The molecule has 0 aliphatic carbocycles. The number of aryl methyl sites for hydroxylation is 2. The average Bonchev–Trinajstić information content (AvgIpc) is 3.25. The van der Waals surface area contributed by atoms with Crippen LogP contribution in [0.25, 0.3) is 22.5 Å². The Bertz CT molecular complexity index is 1460. The van der Waals surface area contributed by atoms with Gasteiger partial charge in [0.1, 0.15) is 5.82 Å². The number of aliphatic hydroxyl groups is 1. The zero-order valence-electron chi connectivity index (χ0n) is 20.0. The summed E-state index contributed by atoms with van der Waals surface area (Å²) >= 11 is 0. The van der Waals surface area contributed by atoms with Gasteiger partial charge in [-0.15, -0.1) is 0 Å². The summed E-state index contributed by atoms with van der Waals surface area (Å²) in [7, 11) is 0. The molecular formula is C25H28N8O. The van der Waals surface area contributed by atoms with E-state index in [-0.39, 0.29) is 0 Å². The predicted octanol–water partition coefficient (Wildman–Crippen LogP) is 3.75. The van der Waals surface area contributed by atoms with Crippen molar-refractivity contribution in [2.75, 3.05) is 5.73 Å². The summed E-state index contributed by atoms with van der Waals surface area (Å²) in [6.45, 7) is 9.34. The fourth-order valence-electron chi connectivity index (χ4n) is 3.97. The monoisotopic (exact) mass is 456 g/mol. The van der Waals surface area contributed by atoms with Gasteiger partial charge in [-0.2, -0.15) is 15.5 Å². The van der Waals surface area contributed by atoms with Gasteiger partial charge in [0.2, 0.25) is 0 Å². The number of rotatable bonds is 4. The van der Waals surface area contributed by atoms with E-state index in [4.69, 9.17) is 11.0 Å². The standard InChI is InChI=1S/C25H28N8O/c1-15-20(13-25(4,5)34)17(3)32(30-15)23-12-22(27)29-24-16(2)31-33(21(24)10-11-28-23)19-8-6-18(14-26)7-9-19/h6-12,29,34H,13,27H2,1-5H3. The molecule has 0 bridgehead atoms. The van der Waals surface area contributed by atoms with Crippen molar-refractivity contribution >= 4 is 16.9 Å². The Morgan fingerprint density at radius 1 is 1.06 bits per heavy atom. The second kappa shape index (κ2) is 8.65. The molecule has 0 saturated heterocycles. The predicted molar refractivity (Wildman–Crippen MR) is 131 cm³/mol. The van der Waals surface area contributed by atoms with Gasteiger partial charge in [-0.25, -0.2) is 14.3 Å². The van der Waals surface area contributed by atoms with Gasteiger partial charge in [0.05, 0.1) is 45.3 Å². The molecule has 0 aliphatic rings. The summed E-state index contributed by atoms with van der Waals surface area (Å²) in [5.41, 5.74) is 11.9. The van der Waals surface area contributed by atoms with E-state index in [2.05, 4.69) is 26.2 Å². The van der Waals surface area contributed by atoms with E-state index >= 15 is 0 Å². The molecule has 0 unspecified atom stereocenters. The van der Waals surface area contributed by atoms with Crippen molar-refractivity contribution in [2.24, 2.45) is 0 Å². The quantitative estimate of drug-likeness (QED) is 0.428. The van der Waals surface area contributed by atoms with Crippen molar-refractivity contribution < 1.29 is 5.11 Å². The van der Waals surface area contributed by atoms with Gasteiger partial charge in [-0.05, 0) is 70.5 Å². The Labute approximate surface area is 197 Å². The van der Waals surface area contributed by atoms with Crippen LogP contribution in [0.15, 0.2) is 42.6 Å². The maximum atomic E-state index is 10.3. The summed E-state index contributed by atoms with van der Waals surface area (Å²) in [6.07, 6.45) is 2.18. The van der Waals surface area contributed by atoms with Gasteiger partial charge in [0.25, 0.3) is 0 Å². The number of nitrogens with one attached hydrogen (secondary N) is 1. The first-order chi connectivity index (χ1) is 16.1. The topological polar surface area (TPSA) is 134 Å². The average molecular weight is 457 g/mol. The molecule has 0 saturated carbocycles. The molecule has 0 atom stereocenters. The van der Waals surface area contributed by atoms with Crippen LogP contribution < -0.4 is 5.73 Å². The number of H-pyrrole nitrogens is 1. The third-order valence-corrected chi connectivity index (χ3v) is 5.60. The van der Waals surface area contributed by atoms with Crippen molar-refractivity contribution in [1.29, 1.82) is 5.26 Å². The Morgan fingerprint density at radius 3 is 2.38 bits per heavy atom. The zero-order valence-corrected chi connectivity index (χ0v) is 20.0. The van der Waals surface area contributed by atoms with Gasteiger partial charge in [0.15, 0.2) is 5.82 Å². The number of aromatic amines is 1. The number of nitriles is 1. The van der Waals surface area contributed by atoms with Crippen LogP contribution in [-0.4, -0.2) is 40.2 Å². The third-order valence-electron chi connectivity index (χ3n) is 5.60. The highest BCUT2D eigenvalue weighted by molar-refractivity contribution is 5.79. The molecule has 1 aromatic carbocycles. The Morgan fingerprint density at radius 2 is 1.74 bits per heavy atom. The Hall–Kier alpha value is -4.16. The number of benzene rings is 1. The smallest absolute Gasteiger partial charge is 0.157 e. The van der Waals surface area contributed by atoms with Crippen LogP contribution in [0.2, 0.25) is 0 Å². The number of nitrogens with zero attached hydrogens (tertiary/aromatic N) is 6. The van der Waals surface area contributed by atoms with Crippen molar-refractivity contribution in [3.05, 3.63) is 70.8 Å². The van der Waals surface area contributed by atoms with Crippen molar-refractivity contribution in [3.8, 4) is 17.6 Å². The summed E-state index contributed by atoms with van der Waals surface area (Å²) in [4.78, 5) is 7.89. The number of anilines is 1. The molecule has 9 heteroatoms. The molecule has 0 amide bonds. The SMILES string of the molecule is Cc1nn(-c2cc(N)[nH]c3c(C)nn(-c4ccc(C#N)cc4)c3ccn2)c(C)c1CC(C)(C)O. The number of nitrogen functional groups attached to an aromatic ring is 1. The molecule has 4 aromatic rings. The van der Waals surface area contributed by atoms with E-state index in [0.717, 1.165) is 39.4 Å². The Balaban J connectivity index is 1.88. The van der Waals surface area contributed by atoms with Crippen LogP contribution in [-0.2, 0) is 6.42 Å². The lowest BCUT2D eigenvalue weighted by molar-refractivity contribution is 0.0806. The molecular weight excluding hydrogens is 428 g/mol. The number of fused-ring (bicyclic) bond motifs is 1. The molecule has 4 N–H and O–H groups in total. The van der Waals surface area contributed by atoms with E-state index in [1.54, 1.807) is 47.6 Å². The molecule has 9 nitrogen and oxygen atoms in total. The van der Waals surface area contributed by atoms with Crippen molar-refractivity contribution in [2.45, 2.75) is 46.6 Å². The van der Waals surface area contributed by atoms with Crippen LogP contribution >= 0.6 is 0 Å². The molecule has 34 heavy (non-hydrogen) atoms. The second-order valence-electron chi connectivity index (χ2n) is 8.99. The fraction of sp³-hybridized carbons (Fsp3) is 0.280. The highest BCUT2D eigenvalue weighted by Gasteiger charge is 2.21. The maximum Gasteiger partial charge on any atom is 0.157 e. The number of aromatic nitrogens is 6. The van der Waals surface area contributed by atoms with E-state index in [1.807, 2.05) is 39.0 Å². The van der Waals surface area contributed by atoms with Crippen molar-refractivity contribution in [1.82, 2.24) is 29.5 Å². The summed E-state index contributed by atoms with van der Waals surface area (Å²) in [5, 5.41) is 28.7. The minimum absolute atomic E-state index is 0.391. The van der Waals surface area contributed by atoms with Crippen LogP contribution in [0, 0.1) is 32.1 Å². The molecule has 174 valence electrons. The zero-order chi connectivity index (χ0) is 24.6. The first kappa shape index (κ1) is 23.0. The van der Waals surface area contributed by atoms with E-state index in [0.29, 0.717) is 23.6 Å². The maximum absolute atomic E-state index is 10.3. The molecule has 4 rings (SSSR count). The van der Waals surface area contributed by atoms with Crippen LogP contribution in [0.3, 0.4) is 0 Å². The normalized spacial score (nSPS) is 11.4. The lowest BCUT2D eigenvalue weighted by atomic mass is 9.97. The number of hydrogen-bond donors (Lipinski definition) is 3. The third kappa shape index (κ3) is 4.49. The van der Waals surface area contributed by atoms with Crippen molar-refractivity contribution in [3.63, 3.8) is 0 Å².